The van der Waals surface area contributed by atoms with Gasteiger partial charge in [0.25, 0.3) is 0 Å². The number of piperidine rings is 1. The number of methoxy groups -OCH3 is 1. The maximum absolute atomic E-state index is 15.4. The summed E-state index contributed by atoms with van der Waals surface area (Å²) in [4.78, 5) is 8.02. The molecular weight excluding hydrogens is 483 g/mol. The molecule has 1 saturated heterocycles. The molecule has 1 fully saturated rings. The van der Waals surface area contributed by atoms with Gasteiger partial charge in [0.2, 0.25) is 0 Å². The summed E-state index contributed by atoms with van der Waals surface area (Å²) in [6, 6.07) is 15.3. The van der Waals surface area contributed by atoms with Crippen molar-refractivity contribution in [1.29, 1.82) is 0 Å². The smallest absolute Gasteiger partial charge is 0.126 e. The first-order valence-electron chi connectivity index (χ1n) is 12.4. The number of rotatable bonds is 11. The lowest BCUT2D eigenvalue weighted by Gasteiger charge is -2.38. The molecule has 3 aromatic rings. The summed E-state index contributed by atoms with van der Waals surface area (Å²) >= 11 is 7.89. The highest BCUT2D eigenvalue weighted by Crippen LogP contribution is 2.35. The van der Waals surface area contributed by atoms with Gasteiger partial charge >= 0.3 is 0 Å². The van der Waals surface area contributed by atoms with E-state index in [4.69, 9.17) is 16.3 Å². The summed E-state index contributed by atoms with van der Waals surface area (Å²) in [5.41, 5.74) is 1.45. The summed E-state index contributed by atoms with van der Waals surface area (Å²) < 4.78 is 20.7. The van der Waals surface area contributed by atoms with Gasteiger partial charge in [-0.2, -0.15) is 0 Å². The highest BCUT2D eigenvalue weighted by atomic mass is 35.5. The Bertz CT molecular complexity index is 1100. The molecule has 35 heavy (non-hydrogen) atoms. The van der Waals surface area contributed by atoms with Crippen LogP contribution >= 0.6 is 23.4 Å². The number of aliphatic hydroxyl groups excluding tert-OH is 1. The van der Waals surface area contributed by atoms with Crippen LogP contribution in [-0.2, 0) is 0 Å². The zero-order chi connectivity index (χ0) is 24.6. The summed E-state index contributed by atoms with van der Waals surface area (Å²) in [6.45, 7) is 3.07. The zero-order valence-electron chi connectivity index (χ0n) is 20.2. The molecule has 2 aromatic carbocycles. The first-order valence-corrected chi connectivity index (χ1v) is 13.7. The maximum Gasteiger partial charge on any atom is 0.126 e. The topological polar surface area (TPSA) is 45.6 Å². The van der Waals surface area contributed by atoms with E-state index in [1.165, 1.54) is 4.90 Å². The van der Waals surface area contributed by atoms with Crippen molar-refractivity contribution < 1.29 is 14.2 Å². The fraction of sp³-hybridized carbons (Fsp3) is 0.464. The largest absolute Gasteiger partial charge is 0.497 e. The fourth-order valence-electron chi connectivity index (χ4n) is 5.04. The summed E-state index contributed by atoms with van der Waals surface area (Å²) in [7, 11) is 1.61. The van der Waals surface area contributed by atoms with Gasteiger partial charge in [-0.15, -0.1) is 11.8 Å². The summed E-state index contributed by atoms with van der Waals surface area (Å²) in [5, 5.41) is 11.6. The van der Waals surface area contributed by atoms with Gasteiger partial charge in [-0.3, -0.25) is 4.98 Å². The van der Waals surface area contributed by atoms with Crippen LogP contribution in [0.5, 0.6) is 5.75 Å². The molecule has 0 aliphatic carbocycles. The second-order valence-electron chi connectivity index (χ2n) is 9.28. The van der Waals surface area contributed by atoms with E-state index in [2.05, 4.69) is 16.0 Å². The molecule has 2 heterocycles. The number of hydrogen-bond donors (Lipinski definition) is 1. The number of fused-ring (bicyclic) bond motifs is 1. The normalized spacial score (nSPS) is 19.7. The number of pyridine rings is 1. The van der Waals surface area contributed by atoms with E-state index in [0.717, 1.165) is 60.6 Å². The number of thioether (sulfide) groups is 1. The number of aromatic nitrogens is 1. The number of ether oxygens (including phenoxy) is 1. The lowest BCUT2D eigenvalue weighted by Crippen LogP contribution is -2.42. The highest BCUT2D eigenvalue weighted by molar-refractivity contribution is 7.99. The predicted octanol–water partition coefficient (Wildman–Crippen LogP) is 6.80. The molecule has 0 spiro atoms. The third-order valence-corrected chi connectivity index (χ3v) is 8.32. The Morgan fingerprint density at radius 2 is 2.11 bits per heavy atom. The number of nitrogens with zero attached hydrogens (tertiary/aromatic N) is 2. The average Bonchev–Trinajstić information content (AvgIpc) is 2.89. The van der Waals surface area contributed by atoms with Crippen LogP contribution in [0.2, 0.25) is 5.02 Å². The third kappa shape index (κ3) is 7.10. The van der Waals surface area contributed by atoms with Gasteiger partial charge in [0.15, 0.2) is 0 Å². The van der Waals surface area contributed by atoms with Crippen molar-refractivity contribution >= 4 is 34.3 Å². The molecule has 1 aromatic heterocycles. The predicted molar refractivity (Wildman–Crippen MR) is 143 cm³/mol. The molecular formula is C28H34ClFN2O2S. The Hall–Kier alpha value is -1.86. The van der Waals surface area contributed by atoms with E-state index < -0.39 is 6.17 Å². The minimum absolute atomic E-state index is 0.158. The number of aliphatic hydroxyl groups is 1. The monoisotopic (exact) mass is 516 g/mol. The lowest BCUT2D eigenvalue weighted by atomic mass is 9.81. The molecule has 0 bridgehead atoms. The van der Waals surface area contributed by atoms with Crippen LogP contribution in [0.3, 0.4) is 0 Å². The molecule has 0 saturated carbocycles. The van der Waals surface area contributed by atoms with Gasteiger partial charge in [0, 0.05) is 34.7 Å². The van der Waals surface area contributed by atoms with E-state index in [9.17, 15) is 5.11 Å². The molecule has 0 radical (unpaired) electrons. The van der Waals surface area contributed by atoms with Crippen LogP contribution < -0.4 is 4.74 Å². The zero-order valence-corrected chi connectivity index (χ0v) is 21.8. The molecule has 4 rings (SSSR count). The Labute approximate surface area is 216 Å². The van der Waals surface area contributed by atoms with Gasteiger partial charge < -0.3 is 14.7 Å². The minimum atomic E-state index is -1.06. The Morgan fingerprint density at radius 3 is 2.91 bits per heavy atom. The van der Waals surface area contributed by atoms with Gasteiger partial charge in [-0.05, 0) is 104 Å². The van der Waals surface area contributed by atoms with E-state index in [0.29, 0.717) is 23.7 Å². The van der Waals surface area contributed by atoms with E-state index in [1.807, 2.05) is 48.2 Å². The first kappa shape index (κ1) is 26.2. The van der Waals surface area contributed by atoms with Crippen LogP contribution in [0, 0.1) is 11.8 Å². The average molecular weight is 517 g/mol. The second kappa shape index (κ2) is 12.9. The molecule has 1 aliphatic rings. The van der Waals surface area contributed by atoms with Crippen molar-refractivity contribution in [1.82, 2.24) is 9.88 Å². The third-order valence-electron chi connectivity index (χ3n) is 7.00. The van der Waals surface area contributed by atoms with Crippen LogP contribution in [0.1, 0.15) is 37.4 Å². The van der Waals surface area contributed by atoms with E-state index in [-0.39, 0.29) is 12.5 Å². The quantitative estimate of drug-likeness (QED) is 0.224. The van der Waals surface area contributed by atoms with Crippen molar-refractivity contribution in [2.75, 3.05) is 39.1 Å². The molecule has 1 aliphatic heterocycles. The summed E-state index contributed by atoms with van der Waals surface area (Å²) in [6.07, 6.45) is 3.94. The lowest BCUT2D eigenvalue weighted by molar-refractivity contribution is 0.0640. The summed E-state index contributed by atoms with van der Waals surface area (Å²) in [5.74, 6) is 2.29. The van der Waals surface area contributed by atoms with Gasteiger partial charge in [0.05, 0.1) is 12.6 Å². The molecule has 4 nitrogen and oxygen atoms in total. The van der Waals surface area contributed by atoms with Gasteiger partial charge in [-0.1, -0.05) is 17.7 Å². The van der Waals surface area contributed by atoms with Crippen molar-refractivity contribution in [3.63, 3.8) is 0 Å². The minimum Gasteiger partial charge on any atom is -0.497 e. The second-order valence-corrected chi connectivity index (χ2v) is 10.9. The van der Waals surface area contributed by atoms with E-state index in [1.54, 1.807) is 19.4 Å². The number of halogens is 2. The van der Waals surface area contributed by atoms with Gasteiger partial charge in [-0.25, -0.2) is 4.39 Å². The van der Waals surface area contributed by atoms with Crippen molar-refractivity contribution in [2.45, 2.75) is 36.8 Å². The Balaban J connectivity index is 1.26. The number of alkyl halides is 1. The standard InChI is InChI=1S/C28H34ClFN2O2S/c1-34-23-7-9-28-26(17-23)25(10-12-31-28)27(30)8-6-20-11-14-32(18-21(20)19-33)13-3-15-35-24-5-2-4-22(29)16-24/h2,4-5,7,9-10,12,16-17,20-21,27,33H,3,6,8,11,13-15,18-19H2,1H3/t20-,21-,27?/m1/s1. The fourth-order valence-corrected chi connectivity index (χ4v) is 6.19. The first-order chi connectivity index (χ1) is 17.1. The molecule has 7 heteroatoms. The van der Waals surface area contributed by atoms with Crippen LogP contribution in [0.25, 0.3) is 10.9 Å². The molecule has 1 N–H and O–H groups in total. The molecule has 1 unspecified atom stereocenters. The number of hydrogen-bond acceptors (Lipinski definition) is 5. The SMILES string of the molecule is COc1ccc2nccc(C(F)CC[C@@H]3CCN(CCCSc4cccc(Cl)c4)C[C@@H]3CO)c2c1. The van der Waals surface area contributed by atoms with E-state index >= 15 is 4.39 Å². The van der Waals surface area contributed by atoms with Crippen LogP contribution in [0.4, 0.5) is 4.39 Å². The molecule has 3 atom stereocenters. The van der Waals surface area contributed by atoms with Crippen molar-refractivity contribution in [3.8, 4) is 5.75 Å². The molecule has 0 amide bonds. The van der Waals surface area contributed by atoms with Crippen LogP contribution in [0.15, 0.2) is 59.6 Å². The Kier molecular flexibility index (Phi) is 9.67. The van der Waals surface area contributed by atoms with Crippen molar-refractivity contribution in [3.05, 3.63) is 65.3 Å². The number of likely N-dealkylation sites (tertiary alicyclic amines) is 1. The maximum atomic E-state index is 15.4. The molecule has 188 valence electrons. The van der Waals surface area contributed by atoms with Crippen molar-refractivity contribution in [2.24, 2.45) is 11.8 Å². The highest BCUT2D eigenvalue weighted by Gasteiger charge is 2.29. The van der Waals surface area contributed by atoms with Gasteiger partial charge in [0.1, 0.15) is 11.9 Å². The number of benzene rings is 2. The Morgan fingerprint density at radius 1 is 1.23 bits per heavy atom. The van der Waals surface area contributed by atoms with Crippen LogP contribution in [-0.4, -0.2) is 54.1 Å².